The molecule has 0 saturated heterocycles. The van der Waals surface area contributed by atoms with E-state index in [1.54, 1.807) is 12.1 Å². The van der Waals surface area contributed by atoms with E-state index in [0.29, 0.717) is 24.1 Å². The van der Waals surface area contributed by atoms with Crippen LogP contribution < -0.4 is 10.3 Å². The Hall–Kier alpha value is -3.74. The second kappa shape index (κ2) is 14.0. The van der Waals surface area contributed by atoms with E-state index in [-0.39, 0.29) is 34.4 Å². The second-order valence-electron chi connectivity index (χ2n) is 10.5. The standard InChI is InChI=1S/C32H36ClF2N3O4/c1-6-8-9-12-38(18-23-15-26(28(39)22-10-11-22)30(40)37-27(23)7-2)31(41)29(20(5)32(34,35)19(3)4)42-25-14-21(17-36)13-24(33)16-25/h9,12-16,22,28,39H,3,6-8,10-11,18H2,1-2,4-5H3,(H,37,40). The first-order valence-corrected chi connectivity index (χ1v) is 14.3. The first-order valence-electron chi connectivity index (χ1n) is 13.9. The summed E-state index contributed by atoms with van der Waals surface area (Å²) >= 11 is 6.11. The number of halogens is 3. The molecule has 224 valence electrons. The highest BCUT2D eigenvalue weighted by Crippen LogP contribution is 2.40. The predicted molar refractivity (Wildman–Crippen MR) is 158 cm³/mol. The number of nitrogens with one attached hydrogen (secondary N) is 1. The summed E-state index contributed by atoms with van der Waals surface area (Å²) < 4.78 is 36.4. The number of pyridine rings is 1. The number of nitriles is 1. The van der Waals surface area contributed by atoms with E-state index in [2.05, 4.69) is 11.6 Å². The van der Waals surface area contributed by atoms with Crippen LogP contribution in [0.4, 0.5) is 8.78 Å². The van der Waals surface area contributed by atoms with Gasteiger partial charge in [0.15, 0.2) is 5.76 Å². The summed E-state index contributed by atoms with van der Waals surface area (Å²) in [6.45, 7) is 9.32. The number of nitrogens with zero attached hydrogens (tertiary/aromatic N) is 2. The molecular formula is C32H36ClF2N3O4. The highest BCUT2D eigenvalue weighted by atomic mass is 35.5. The number of aliphatic hydroxyl groups is 1. The lowest BCUT2D eigenvalue weighted by atomic mass is 10.0. The Morgan fingerprint density at radius 3 is 2.57 bits per heavy atom. The van der Waals surface area contributed by atoms with E-state index in [4.69, 9.17) is 16.3 Å². The minimum Gasteiger partial charge on any atom is -0.451 e. The summed E-state index contributed by atoms with van der Waals surface area (Å²) in [5.41, 5.74) is -0.125. The number of allylic oxidation sites excluding steroid dienone is 3. The third-order valence-corrected chi connectivity index (χ3v) is 7.31. The number of H-pyrrole nitrogens is 1. The number of aromatic amines is 1. The number of hydrogen-bond donors (Lipinski definition) is 2. The number of carbonyl (C=O) groups excluding carboxylic acids is 1. The fourth-order valence-corrected chi connectivity index (χ4v) is 4.62. The fourth-order valence-electron chi connectivity index (χ4n) is 4.39. The monoisotopic (exact) mass is 599 g/mol. The van der Waals surface area contributed by atoms with Gasteiger partial charge in [0.25, 0.3) is 17.4 Å². The van der Waals surface area contributed by atoms with Gasteiger partial charge in [-0.2, -0.15) is 14.0 Å². The number of ether oxygens (including phenoxy) is 1. The molecule has 1 atom stereocenters. The van der Waals surface area contributed by atoms with Crippen molar-refractivity contribution in [3.05, 3.63) is 97.8 Å². The number of aromatic nitrogens is 1. The van der Waals surface area contributed by atoms with Gasteiger partial charge in [0.05, 0.1) is 24.3 Å². The van der Waals surface area contributed by atoms with Crippen molar-refractivity contribution in [2.45, 2.75) is 78.4 Å². The molecule has 1 heterocycles. The first-order chi connectivity index (χ1) is 19.8. The number of benzene rings is 1. The van der Waals surface area contributed by atoms with Crippen LogP contribution in [0.25, 0.3) is 0 Å². The van der Waals surface area contributed by atoms with Crippen molar-refractivity contribution in [2.75, 3.05) is 0 Å². The molecule has 1 aromatic heterocycles. The summed E-state index contributed by atoms with van der Waals surface area (Å²) in [5.74, 6) is -5.19. The maximum atomic E-state index is 15.3. The molecule has 0 radical (unpaired) electrons. The normalized spacial score (nSPS) is 14.7. The molecule has 1 aliphatic carbocycles. The highest BCUT2D eigenvalue weighted by molar-refractivity contribution is 6.30. The molecule has 1 unspecified atom stereocenters. The van der Waals surface area contributed by atoms with Crippen molar-refractivity contribution in [3.63, 3.8) is 0 Å². The molecule has 1 aromatic carbocycles. The van der Waals surface area contributed by atoms with Gasteiger partial charge >= 0.3 is 0 Å². The number of alkyl halides is 2. The number of aryl methyl sites for hydroxylation is 1. The summed E-state index contributed by atoms with van der Waals surface area (Å²) in [6.07, 6.45) is 5.75. The Bertz CT molecular complexity index is 1500. The maximum absolute atomic E-state index is 15.3. The zero-order valence-corrected chi connectivity index (χ0v) is 25.0. The molecular weight excluding hydrogens is 564 g/mol. The Balaban J connectivity index is 2.15. The van der Waals surface area contributed by atoms with Crippen molar-refractivity contribution in [2.24, 2.45) is 5.92 Å². The minimum absolute atomic E-state index is 0.000399. The average Bonchev–Trinajstić information content (AvgIpc) is 3.80. The van der Waals surface area contributed by atoms with Crippen LogP contribution in [0, 0.1) is 17.2 Å². The van der Waals surface area contributed by atoms with E-state index in [0.717, 1.165) is 33.1 Å². The van der Waals surface area contributed by atoms with Crippen LogP contribution in [0.2, 0.25) is 5.02 Å². The van der Waals surface area contributed by atoms with E-state index >= 15 is 8.78 Å². The van der Waals surface area contributed by atoms with Crippen LogP contribution >= 0.6 is 11.6 Å². The lowest BCUT2D eigenvalue weighted by molar-refractivity contribution is -0.127. The summed E-state index contributed by atoms with van der Waals surface area (Å²) in [4.78, 5) is 30.9. The Morgan fingerprint density at radius 2 is 2.00 bits per heavy atom. The third kappa shape index (κ3) is 7.75. The molecule has 2 N–H and O–H groups in total. The lowest BCUT2D eigenvalue weighted by Gasteiger charge is -2.26. The van der Waals surface area contributed by atoms with E-state index in [1.807, 2.05) is 19.9 Å². The number of rotatable bonds is 13. The van der Waals surface area contributed by atoms with Crippen molar-refractivity contribution in [3.8, 4) is 11.8 Å². The SMILES string of the molecule is C=C(C)C(F)(F)C(C)=C(Oc1cc(Cl)cc(C#N)c1)C(=O)N(C=CCCC)Cc1cc(C(O)C2CC2)c(=O)[nH]c1CC. The van der Waals surface area contributed by atoms with Crippen molar-refractivity contribution >= 4 is 17.5 Å². The maximum Gasteiger partial charge on any atom is 0.294 e. The average molecular weight is 600 g/mol. The van der Waals surface area contributed by atoms with Gasteiger partial charge in [-0.1, -0.05) is 44.5 Å². The molecule has 0 spiro atoms. The first kappa shape index (κ1) is 32.8. The van der Waals surface area contributed by atoms with Gasteiger partial charge in [-0.15, -0.1) is 0 Å². The van der Waals surface area contributed by atoms with Crippen molar-refractivity contribution in [1.29, 1.82) is 5.26 Å². The van der Waals surface area contributed by atoms with Gasteiger partial charge < -0.3 is 19.7 Å². The Kier molecular flexibility index (Phi) is 10.9. The smallest absolute Gasteiger partial charge is 0.294 e. The number of hydrogen-bond acceptors (Lipinski definition) is 5. The summed E-state index contributed by atoms with van der Waals surface area (Å²) in [5, 5.41) is 20.2. The van der Waals surface area contributed by atoms with Gasteiger partial charge in [-0.05, 0) is 80.9 Å². The van der Waals surface area contributed by atoms with Gasteiger partial charge in [-0.3, -0.25) is 9.59 Å². The van der Waals surface area contributed by atoms with E-state index < -0.39 is 40.4 Å². The number of amides is 1. The lowest BCUT2D eigenvalue weighted by Crippen LogP contribution is -2.33. The molecule has 2 aromatic rings. The van der Waals surface area contributed by atoms with Crippen LogP contribution in [-0.4, -0.2) is 26.8 Å². The van der Waals surface area contributed by atoms with Crippen LogP contribution in [0.5, 0.6) is 5.75 Å². The number of carbonyl (C=O) groups is 1. The van der Waals surface area contributed by atoms with Gasteiger partial charge in [0.1, 0.15) is 5.75 Å². The summed E-state index contributed by atoms with van der Waals surface area (Å²) in [7, 11) is 0. The second-order valence-corrected chi connectivity index (χ2v) is 10.9. The predicted octanol–water partition coefficient (Wildman–Crippen LogP) is 7.11. The molecule has 7 nitrogen and oxygen atoms in total. The molecule has 42 heavy (non-hydrogen) atoms. The highest BCUT2D eigenvalue weighted by Gasteiger charge is 2.39. The van der Waals surface area contributed by atoms with Crippen LogP contribution in [0.15, 0.2) is 64.8 Å². The summed E-state index contributed by atoms with van der Waals surface area (Å²) in [6, 6.07) is 7.51. The molecule has 0 bridgehead atoms. The third-order valence-electron chi connectivity index (χ3n) is 7.09. The number of unbranched alkanes of at least 4 members (excludes halogenated alkanes) is 1. The zero-order valence-electron chi connectivity index (χ0n) is 24.3. The van der Waals surface area contributed by atoms with Gasteiger partial charge in [-0.25, -0.2) is 0 Å². The molecule has 1 saturated carbocycles. The molecule has 1 aliphatic rings. The molecule has 1 fully saturated rings. The zero-order chi connectivity index (χ0) is 31.2. The quantitative estimate of drug-likeness (QED) is 0.145. The topological polar surface area (TPSA) is 106 Å². The van der Waals surface area contributed by atoms with E-state index in [1.165, 1.54) is 29.3 Å². The molecule has 10 heteroatoms. The molecule has 0 aliphatic heterocycles. The van der Waals surface area contributed by atoms with Crippen LogP contribution in [-0.2, 0) is 17.8 Å². The largest absolute Gasteiger partial charge is 0.451 e. The van der Waals surface area contributed by atoms with E-state index in [9.17, 15) is 20.0 Å². The molecule has 3 rings (SSSR count). The minimum atomic E-state index is -3.59. The van der Waals surface area contributed by atoms with Crippen LogP contribution in [0.3, 0.4) is 0 Å². The van der Waals surface area contributed by atoms with Gasteiger partial charge in [0.2, 0.25) is 0 Å². The Labute approximate surface area is 249 Å². The van der Waals surface area contributed by atoms with Crippen molar-refractivity contribution in [1.82, 2.24) is 9.88 Å². The fraction of sp³-hybridized carbons (Fsp3) is 0.406. The Morgan fingerprint density at radius 1 is 1.31 bits per heavy atom. The van der Waals surface area contributed by atoms with Crippen LogP contribution in [0.1, 0.15) is 81.9 Å². The van der Waals surface area contributed by atoms with Gasteiger partial charge in [0, 0.05) is 28.1 Å². The van der Waals surface area contributed by atoms with Crippen molar-refractivity contribution < 1.29 is 23.4 Å². The molecule has 1 amide bonds. The number of aliphatic hydroxyl groups excluding tert-OH is 1.